The van der Waals surface area contributed by atoms with E-state index in [1.165, 1.54) is 10.5 Å². The average molecular weight is 390 g/mol. The molecule has 1 saturated heterocycles. The number of imide groups is 1. The van der Waals surface area contributed by atoms with Gasteiger partial charge in [-0.3, -0.25) is 19.5 Å². The molecule has 6 heteroatoms. The molecule has 2 aliphatic heterocycles. The van der Waals surface area contributed by atoms with Crippen LogP contribution in [-0.2, 0) is 0 Å². The van der Waals surface area contributed by atoms with Gasteiger partial charge in [0, 0.05) is 32.1 Å². The smallest absolute Gasteiger partial charge is 0.261 e. The monoisotopic (exact) mass is 390 g/mol. The van der Waals surface area contributed by atoms with Gasteiger partial charge >= 0.3 is 0 Å². The Hall–Kier alpha value is -3.15. The summed E-state index contributed by atoms with van der Waals surface area (Å²) < 4.78 is 0. The third kappa shape index (κ3) is 3.88. The standard InChI is InChI=1S/C23H26N4O2/c1-2-24-23(26-14-12-18(16-26)17-8-4-3-5-9-17)25-13-15-27-21(28)19-10-6-7-11-20(19)22(27)29/h3-11,18H,2,12-16H2,1H3,(H,24,25). The summed E-state index contributed by atoms with van der Waals surface area (Å²) >= 11 is 0. The van der Waals surface area contributed by atoms with Gasteiger partial charge in [-0.25, -0.2) is 0 Å². The quantitative estimate of drug-likeness (QED) is 0.484. The predicted octanol–water partition coefficient (Wildman–Crippen LogP) is 2.74. The lowest BCUT2D eigenvalue weighted by Crippen LogP contribution is -2.41. The van der Waals surface area contributed by atoms with E-state index in [9.17, 15) is 9.59 Å². The van der Waals surface area contributed by atoms with Gasteiger partial charge in [-0.2, -0.15) is 0 Å². The van der Waals surface area contributed by atoms with Crippen molar-refractivity contribution >= 4 is 17.8 Å². The molecule has 150 valence electrons. The van der Waals surface area contributed by atoms with Crippen LogP contribution in [0.15, 0.2) is 59.6 Å². The average Bonchev–Trinajstić information content (AvgIpc) is 3.34. The van der Waals surface area contributed by atoms with Crippen LogP contribution in [-0.4, -0.2) is 60.3 Å². The highest BCUT2D eigenvalue weighted by Gasteiger charge is 2.34. The summed E-state index contributed by atoms with van der Waals surface area (Å²) in [5.41, 5.74) is 2.33. The molecule has 0 radical (unpaired) electrons. The largest absolute Gasteiger partial charge is 0.357 e. The van der Waals surface area contributed by atoms with Crippen molar-refractivity contribution in [2.24, 2.45) is 4.99 Å². The topological polar surface area (TPSA) is 65.0 Å². The van der Waals surface area contributed by atoms with Crippen molar-refractivity contribution in [3.05, 3.63) is 71.3 Å². The molecule has 0 saturated carbocycles. The van der Waals surface area contributed by atoms with Crippen molar-refractivity contribution in [2.75, 3.05) is 32.7 Å². The van der Waals surface area contributed by atoms with Gasteiger partial charge in [0.1, 0.15) is 0 Å². The first kappa shape index (κ1) is 19.2. The Kier molecular flexibility index (Phi) is 5.60. The molecule has 2 aromatic carbocycles. The van der Waals surface area contributed by atoms with Crippen LogP contribution in [0.25, 0.3) is 0 Å². The fourth-order valence-electron chi connectivity index (χ4n) is 4.07. The molecule has 2 aliphatic rings. The normalized spacial score (nSPS) is 19.1. The first-order chi connectivity index (χ1) is 14.2. The zero-order chi connectivity index (χ0) is 20.2. The zero-order valence-corrected chi connectivity index (χ0v) is 16.7. The number of carbonyl (C=O) groups excluding carboxylic acids is 2. The maximum atomic E-state index is 12.5. The molecule has 1 unspecified atom stereocenters. The van der Waals surface area contributed by atoms with Crippen LogP contribution in [0.4, 0.5) is 0 Å². The van der Waals surface area contributed by atoms with Gasteiger partial charge < -0.3 is 10.2 Å². The highest BCUT2D eigenvalue weighted by molar-refractivity contribution is 6.21. The summed E-state index contributed by atoms with van der Waals surface area (Å²) in [5.74, 6) is 0.895. The molecule has 29 heavy (non-hydrogen) atoms. The zero-order valence-electron chi connectivity index (χ0n) is 16.7. The summed E-state index contributed by atoms with van der Waals surface area (Å²) in [6.45, 7) is 5.36. The number of fused-ring (bicyclic) bond motifs is 1. The molecule has 0 aliphatic carbocycles. The van der Waals surface area contributed by atoms with Crippen LogP contribution >= 0.6 is 0 Å². The summed E-state index contributed by atoms with van der Waals surface area (Å²) in [4.78, 5) is 33.3. The van der Waals surface area contributed by atoms with Crippen LogP contribution in [0.5, 0.6) is 0 Å². The molecular weight excluding hydrogens is 364 g/mol. The fourth-order valence-corrected chi connectivity index (χ4v) is 4.07. The lowest BCUT2D eigenvalue weighted by Gasteiger charge is -2.22. The van der Waals surface area contributed by atoms with E-state index in [0.29, 0.717) is 23.6 Å². The number of carbonyl (C=O) groups is 2. The lowest BCUT2D eigenvalue weighted by molar-refractivity contribution is 0.0659. The Labute approximate surface area is 171 Å². The molecule has 1 N–H and O–H groups in total. The Morgan fingerprint density at radius 1 is 1.03 bits per heavy atom. The maximum absolute atomic E-state index is 12.5. The van der Waals surface area contributed by atoms with Crippen LogP contribution in [0.3, 0.4) is 0 Å². The molecule has 0 spiro atoms. The van der Waals surface area contributed by atoms with E-state index in [-0.39, 0.29) is 18.4 Å². The van der Waals surface area contributed by atoms with Crippen molar-refractivity contribution in [2.45, 2.75) is 19.3 Å². The highest BCUT2D eigenvalue weighted by Crippen LogP contribution is 2.27. The number of amides is 2. The second-order valence-electron chi connectivity index (χ2n) is 7.39. The van der Waals surface area contributed by atoms with E-state index in [4.69, 9.17) is 4.99 Å². The van der Waals surface area contributed by atoms with E-state index in [0.717, 1.165) is 32.0 Å². The Bertz CT molecular complexity index is 890. The van der Waals surface area contributed by atoms with Gasteiger partial charge in [0.15, 0.2) is 5.96 Å². The Morgan fingerprint density at radius 2 is 1.69 bits per heavy atom. The summed E-state index contributed by atoms with van der Waals surface area (Å²) in [6, 6.07) is 17.5. The fraction of sp³-hybridized carbons (Fsp3) is 0.348. The van der Waals surface area contributed by atoms with E-state index in [1.807, 2.05) is 13.0 Å². The number of hydrogen-bond acceptors (Lipinski definition) is 3. The van der Waals surface area contributed by atoms with Crippen LogP contribution in [0, 0.1) is 0 Å². The van der Waals surface area contributed by atoms with Crippen molar-refractivity contribution < 1.29 is 9.59 Å². The van der Waals surface area contributed by atoms with E-state index >= 15 is 0 Å². The number of guanidine groups is 1. The van der Waals surface area contributed by atoms with Crippen molar-refractivity contribution in [1.82, 2.24) is 15.1 Å². The molecule has 1 fully saturated rings. The maximum Gasteiger partial charge on any atom is 0.261 e. The van der Waals surface area contributed by atoms with E-state index < -0.39 is 0 Å². The SMILES string of the molecule is CCNC(=NCCN1C(=O)c2ccccc2C1=O)N1CCC(c2ccccc2)C1. The lowest BCUT2D eigenvalue weighted by atomic mass is 9.99. The molecule has 0 aromatic heterocycles. The highest BCUT2D eigenvalue weighted by atomic mass is 16.2. The number of nitrogens with zero attached hydrogens (tertiary/aromatic N) is 3. The number of benzene rings is 2. The summed E-state index contributed by atoms with van der Waals surface area (Å²) in [5, 5.41) is 3.35. The molecule has 2 heterocycles. The van der Waals surface area contributed by atoms with Gasteiger partial charge in [0.2, 0.25) is 0 Å². The third-order valence-corrected chi connectivity index (χ3v) is 5.56. The summed E-state index contributed by atoms with van der Waals surface area (Å²) in [7, 11) is 0. The summed E-state index contributed by atoms with van der Waals surface area (Å²) in [6.07, 6.45) is 1.09. The van der Waals surface area contributed by atoms with Crippen LogP contribution in [0.2, 0.25) is 0 Å². The van der Waals surface area contributed by atoms with Crippen LogP contribution in [0.1, 0.15) is 45.5 Å². The van der Waals surface area contributed by atoms with E-state index in [1.54, 1.807) is 24.3 Å². The number of nitrogens with one attached hydrogen (secondary N) is 1. The van der Waals surface area contributed by atoms with Gasteiger partial charge in [0.05, 0.1) is 17.7 Å². The van der Waals surface area contributed by atoms with Crippen molar-refractivity contribution in [3.63, 3.8) is 0 Å². The second-order valence-corrected chi connectivity index (χ2v) is 7.39. The Balaban J connectivity index is 1.40. The Morgan fingerprint density at radius 3 is 2.34 bits per heavy atom. The molecule has 4 rings (SSSR count). The first-order valence-electron chi connectivity index (χ1n) is 10.2. The minimum atomic E-state index is -0.226. The third-order valence-electron chi connectivity index (χ3n) is 5.56. The van der Waals surface area contributed by atoms with Gasteiger partial charge in [-0.1, -0.05) is 42.5 Å². The minimum Gasteiger partial charge on any atom is -0.357 e. The van der Waals surface area contributed by atoms with Crippen molar-refractivity contribution in [1.29, 1.82) is 0 Å². The molecule has 6 nitrogen and oxygen atoms in total. The number of rotatable bonds is 5. The van der Waals surface area contributed by atoms with Gasteiger partial charge in [-0.05, 0) is 31.0 Å². The molecular formula is C23H26N4O2. The molecule has 0 bridgehead atoms. The minimum absolute atomic E-state index is 0.226. The molecule has 2 aromatic rings. The first-order valence-corrected chi connectivity index (χ1v) is 10.2. The van der Waals surface area contributed by atoms with E-state index in [2.05, 4.69) is 34.5 Å². The second kappa shape index (κ2) is 8.47. The van der Waals surface area contributed by atoms with Crippen molar-refractivity contribution in [3.8, 4) is 0 Å². The molecule has 2 amide bonds. The van der Waals surface area contributed by atoms with Gasteiger partial charge in [-0.15, -0.1) is 0 Å². The van der Waals surface area contributed by atoms with Crippen LogP contribution < -0.4 is 5.32 Å². The number of hydrogen-bond donors (Lipinski definition) is 1. The predicted molar refractivity (Wildman–Crippen MR) is 113 cm³/mol. The molecule has 1 atom stereocenters. The van der Waals surface area contributed by atoms with Gasteiger partial charge in [0.25, 0.3) is 11.8 Å². The number of aliphatic imine (C=N–C) groups is 1. The number of likely N-dealkylation sites (tertiary alicyclic amines) is 1.